The summed E-state index contributed by atoms with van der Waals surface area (Å²) >= 11 is 0. The van der Waals surface area contributed by atoms with Gasteiger partial charge in [-0.15, -0.1) is 0 Å². The SMILES string of the molecule is CC(=O)c1cnn(-c2ccc(-c3cnn(CC(F)F)c3)cc2)c1C. The number of carbonyl (C=O) groups is 1. The van der Waals surface area contributed by atoms with Crippen LogP contribution in [-0.2, 0) is 6.54 Å². The van der Waals surface area contributed by atoms with Crippen molar-refractivity contribution in [1.82, 2.24) is 19.6 Å². The Labute approximate surface area is 137 Å². The standard InChI is InChI=1S/C17H16F2N4O/c1-11-16(12(2)24)8-21-23(11)15-5-3-13(4-6-15)14-7-20-22(9-14)10-17(18)19/h3-9,17H,10H2,1-2H3. The summed E-state index contributed by atoms with van der Waals surface area (Å²) in [5.74, 6) is -0.0261. The van der Waals surface area contributed by atoms with Crippen LogP contribution in [0.3, 0.4) is 0 Å². The Morgan fingerprint density at radius 2 is 1.83 bits per heavy atom. The number of rotatable bonds is 5. The highest BCUT2D eigenvalue weighted by atomic mass is 19.3. The zero-order valence-electron chi connectivity index (χ0n) is 13.3. The van der Waals surface area contributed by atoms with Crippen molar-refractivity contribution >= 4 is 5.78 Å². The van der Waals surface area contributed by atoms with Crippen molar-refractivity contribution in [2.75, 3.05) is 0 Å². The molecule has 5 nitrogen and oxygen atoms in total. The Morgan fingerprint density at radius 3 is 2.42 bits per heavy atom. The predicted molar refractivity (Wildman–Crippen MR) is 85.5 cm³/mol. The normalized spacial score (nSPS) is 11.2. The first-order valence-electron chi connectivity index (χ1n) is 7.42. The van der Waals surface area contributed by atoms with Gasteiger partial charge in [-0.25, -0.2) is 13.5 Å². The molecule has 0 saturated carbocycles. The molecule has 3 rings (SSSR count). The van der Waals surface area contributed by atoms with Gasteiger partial charge in [0, 0.05) is 11.8 Å². The molecule has 0 atom stereocenters. The lowest BCUT2D eigenvalue weighted by atomic mass is 10.1. The zero-order chi connectivity index (χ0) is 17.3. The van der Waals surface area contributed by atoms with Crippen LogP contribution in [0.25, 0.3) is 16.8 Å². The lowest BCUT2D eigenvalue weighted by Gasteiger charge is -2.06. The number of hydrogen-bond donors (Lipinski definition) is 0. The minimum atomic E-state index is -2.43. The molecule has 1 aromatic carbocycles. The lowest BCUT2D eigenvalue weighted by Crippen LogP contribution is -2.06. The predicted octanol–water partition coefficient (Wildman–Crippen LogP) is 3.51. The van der Waals surface area contributed by atoms with E-state index in [2.05, 4.69) is 10.2 Å². The van der Waals surface area contributed by atoms with Crippen molar-refractivity contribution in [3.05, 3.63) is 54.1 Å². The first kappa shape index (κ1) is 16.0. The molecular formula is C17H16F2N4O. The van der Waals surface area contributed by atoms with Crippen LogP contribution in [-0.4, -0.2) is 31.8 Å². The van der Waals surface area contributed by atoms with Gasteiger partial charge in [0.1, 0.15) is 6.54 Å². The number of nitrogens with zero attached hydrogens (tertiary/aromatic N) is 4. The van der Waals surface area contributed by atoms with Crippen molar-refractivity contribution in [1.29, 1.82) is 0 Å². The Morgan fingerprint density at radius 1 is 1.12 bits per heavy atom. The molecule has 0 unspecified atom stereocenters. The van der Waals surface area contributed by atoms with E-state index in [0.717, 1.165) is 22.5 Å². The fraction of sp³-hybridized carbons (Fsp3) is 0.235. The average Bonchev–Trinajstić information content (AvgIpc) is 3.13. The second-order valence-corrected chi connectivity index (χ2v) is 5.50. The highest BCUT2D eigenvalue weighted by Crippen LogP contribution is 2.22. The summed E-state index contributed by atoms with van der Waals surface area (Å²) in [6.45, 7) is 2.93. The molecule has 0 fully saturated rings. The van der Waals surface area contributed by atoms with E-state index >= 15 is 0 Å². The van der Waals surface area contributed by atoms with Crippen molar-refractivity contribution < 1.29 is 13.6 Å². The first-order valence-corrected chi connectivity index (χ1v) is 7.42. The molecule has 0 aliphatic carbocycles. The van der Waals surface area contributed by atoms with Crippen molar-refractivity contribution in [3.8, 4) is 16.8 Å². The molecule has 2 aromatic heterocycles. The van der Waals surface area contributed by atoms with Gasteiger partial charge in [0.2, 0.25) is 0 Å². The molecule has 0 aliphatic rings. The number of ketones is 1. The maximum Gasteiger partial charge on any atom is 0.257 e. The van der Waals surface area contributed by atoms with Crippen molar-refractivity contribution in [2.24, 2.45) is 0 Å². The fourth-order valence-electron chi connectivity index (χ4n) is 2.56. The minimum absolute atomic E-state index is 0.0261. The summed E-state index contributed by atoms with van der Waals surface area (Å²) in [6, 6.07) is 7.47. The van der Waals surface area contributed by atoms with E-state index in [-0.39, 0.29) is 5.78 Å². The van der Waals surface area contributed by atoms with E-state index in [4.69, 9.17) is 0 Å². The monoisotopic (exact) mass is 330 g/mol. The van der Waals surface area contributed by atoms with Gasteiger partial charge in [-0.2, -0.15) is 10.2 Å². The van der Waals surface area contributed by atoms with E-state index < -0.39 is 13.0 Å². The van der Waals surface area contributed by atoms with Gasteiger partial charge in [-0.1, -0.05) is 12.1 Å². The van der Waals surface area contributed by atoms with Crippen LogP contribution < -0.4 is 0 Å². The first-order chi connectivity index (χ1) is 11.5. The molecule has 7 heteroatoms. The van der Waals surface area contributed by atoms with Gasteiger partial charge in [0.25, 0.3) is 6.43 Å². The van der Waals surface area contributed by atoms with Crippen LogP contribution in [0.5, 0.6) is 0 Å². The third kappa shape index (κ3) is 3.10. The van der Waals surface area contributed by atoms with Gasteiger partial charge >= 0.3 is 0 Å². The van der Waals surface area contributed by atoms with E-state index in [1.165, 1.54) is 11.6 Å². The number of carbonyl (C=O) groups excluding carboxylic acids is 1. The second kappa shape index (κ2) is 6.35. The maximum atomic E-state index is 12.4. The van der Waals surface area contributed by atoms with Gasteiger partial charge in [-0.05, 0) is 31.5 Å². The maximum absolute atomic E-state index is 12.4. The van der Waals surface area contributed by atoms with Gasteiger partial charge in [0.15, 0.2) is 5.78 Å². The van der Waals surface area contributed by atoms with Gasteiger partial charge in [0.05, 0.1) is 29.3 Å². The van der Waals surface area contributed by atoms with Crippen molar-refractivity contribution in [2.45, 2.75) is 26.8 Å². The summed E-state index contributed by atoms with van der Waals surface area (Å²) in [5.41, 5.74) is 3.83. The Bertz CT molecular complexity index is 865. The molecule has 0 saturated heterocycles. The lowest BCUT2D eigenvalue weighted by molar-refractivity contribution is 0.101. The number of halogens is 2. The van der Waals surface area contributed by atoms with Crippen molar-refractivity contribution in [3.63, 3.8) is 0 Å². The molecule has 2 heterocycles. The largest absolute Gasteiger partial charge is 0.294 e. The highest BCUT2D eigenvalue weighted by molar-refractivity contribution is 5.95. The number of aromatic nitrogens is 4. The van der Waals surface area contributed by atoms with E-state index in [1.807, 2.05) is 31.2 Å². The van der Waals surface area contributed by atoms with E-state index in [0.29, 0.717) is 5.56 Å². The third-order valence-electron chi connectivity index (χ3n) is 3.79. The van der Waals surface area contributed by atoms with Crippen LogP contribution in [0.4, 0.5) is 8.78 Å². The number of hydrogen-bond acceptors (Lipinski definition) is 3. The molecule has 3 aromatic rings. The van der Waals surface area contributed by atoms with Crippen LogP contribution >= 0.6 is 0 Å². The topological polar surface area (TPSA) is 52.7 Å². The van der Waals surface area contributed by atoms with Gasteiger partial charge < -0.3 is 0 Å². The molecule has 24 heavy (non-hydrogen) atoms. The van der Waals surface area contributed by atoms with Crippen LogP contribution in [0, 0.1) is 6.92 Å². The molecule has 0 aliphatic heterocycles. The molecular weight excluding hydrogens is 314 g/mol. The second-order valence-electron chi connectivity index (χ2n) is 5.50. The number of benzene rings is 1. The van der Waals surface area contributed by atoms with Gasteiger partial charge in [-0.3, -0.25) is 9.48 Å². The molecule has 124 valence electrons. The molecule has 0 radical (unpaired) electrons. The molecule has 0 spiro atoms. The molecule has 0 N–H and O–H groups in total. The third-order valence-corrected chi connectivity index (χ3v) is 3.79. The average molecular weight is 330 g/mol. The highest BCUT2D eigenvalue weighted by Gasteiger charge is 2.12. The van der Waals surface area contributed by atoms with E-state index in [1.54, 1.807) is 23.3 Å². The summed E-state index contributed by atoms with van der Waals surface area (Å²) < 4.78 is 27.7. The Kier molecular flexibility index (Phi) is 4.24. The summed E-state index contributed by atoms with van der Waals surface area (Å²) in [4.78, 5) is 11.5. The van der Waals surface area contributed by atoms with E-state index in [9.17, 15) is 13.6 Å². The smallest absolute Gasteiger partial charge is 0.257 e. The number of alkyl halides is 2. The Hall–Kier alpha value is -2.83. The molecule has 0 amide bonds. The quantitative estimate of drug-likeness (QED) is 0.673. The summed E-state index contributed by atoms with van der Waals surface area (Å²) in [7, 11) is 0. The number of Topliss-reactive ketones (excluding diaryl/α,β-unsaturated/α-hetero) is 1. The van der Waals surface area contributed by atoms with Crippen LogP contribution in [0.15, 0.2) is 42.9 Å². The zero-order valence-corrected chi connectivity index (χ0v) is 13.3. The van der Waals surface area contributed by atoms with Crippen LogP contribution in [0.2, 0.25) is 0 Å². The summed E-state index contributed by atoms with van der Waals surface area (Å²) in [5, 5.41) is 8.17. The molecule has 0 bridgehead atoms. The minimum Gasteiger partial charge on any atom is -0.294 e. The fourth-order valence-corrected chi connectivity index (χ4v) is 2.56. The summed E-state index contributed by atoms with van der Waals surface area (Å²) in [6.07, 6.45) is 2.27. The van der Waals surface area contributed by atoms with Crippen LogP contribution in [0.1, 0.15) is 23.0 Å². The Balaban J connectivity index is 1.86.